The van der Waals surface area contributed by atoms with E-state index in [1.165, 1.54) is 0 Å². The Hall–Kier alpha value is -1.48. The van der Waals surface area contributed by atoms with Crippen molar-refractivity contribution in [3.8, 4) is 5.75 Å². The van der Waals surface area contributed by atoms with Crippen LogP contribution in [0.5, 0.6) is 5.75 Å². The number of H-pyrrole nitrogens is 1. The third-order valence-electron chi connectivity index (χ3n) is 2.48. The van der Waals surface area contributed by atoms with Gasteiger partial charge in [-0.1, -0.05) is 18.2 Å². The van der Waals surface area contributed by atoms with E-state index in [2.05, 4.69) is 9.97 Å². The molecule has 90 valence electrons. The molecule has 0 bridgehead atoms. The molecule has 17 heavy (non-hydrogen) atoms. The molecule has 1 N–H and O–H groups in total. The Morgan fingerprint density at radius 1 is 1.41 bits per heavy atom. The quantitative estimate of drug-likeness (QED) is 0.827. The van der Waals surface area contributed by atoms with E-state index < -0.39 is 0 Å². The predicted octanol–water partition coefficient (Wildman–Crippen LogP) is 3.33. The highest BCUT2D eigenvalue weighted by atomic mass is 35.5. The fourth-order valence-corrected chi connectivity index (χ4v) is 2.04. The van der Waals surface area contributed by atoms with Crippen molar-refractivity contribution >= 4 is 11.6 Å². The number of benzene rings is 1. The second-order valence-corrected chi connectivity index (χ2v) is 4.21. The van der Waals surface area contributed by atoms with E-state index in [4.69, 9.17) is 16.3 Å². The average molecular weight is 251 g/mol. The van der Waals surface area contributed by atoms with Crippen molar-refractivity contribution in [3.05, 3.63) is 48.0 Å². The monoisotopic (exact) mass is 250 g/mol. The van der Waals surface area contributed by atoms with Crippen LogP contribution >= 0.6 is 11.6 Å². The summed E-state index contributed by atoms with van der Waals surface area (Å²) in [5.74, 6) is 1.73. The maximum atomic E-state index is 6.40. The largest absolute Gasteiger partial charge is 0.494 e. The number of aromatic nitrogens is 2. The minimum atomic E-state index is -0.135. The molecule has 1 aromatic carbocycles. The summed E-state index contributed by atoms with van der Waals surface area (Å²) in [4.78, 5) is 7.23. The van der Waals surface area contributed by atoms with Crippen LogP contribution in [0.25, 0.3) is 0 Å². The topological polar surface area (TPSA) is 37.9 Å². The standard InChI is InChI=1S/C13H15ClN2O/c1-2-17-12-6-4-3-5-10(12)11(14)9-13-15-7-8-16-13/h3-8,11H,2,9H2,1H3,(H,15,16). The van der Waals surface area contributed by atoms with Gasteiger partial charge < -0.3 is 9.72 Å². The van der Waals surface area contributed by atoms with Crippen molar-refractivity contribution in [1.29, 1.82) is 0 Å². The molecule has 3 nitrogen and oxygen atoms in total. The highest BCUT2D eigenvalue weighted by Gasteiger charge is 2.14. The smallest absolute Gasteiger partial charge is 0.123 e. The summed E-state index contributed by atoms with van der Waals surface area (Å²) in [6.45, 7) is 2.61. The highest BCUT2D eigenvalue weighted by molar-refractivity contribution is 6.21. The van der Waals surface area contributed by atoms with Crippen LogP contribution < -0.4 is 4.74 Å². The molecule has 2 aromatic rings. The van der Waals surface area contributed by atoms with Gasteiger partial charge in [-0.15, -0.1) is 11.6 Å². The van der Waals surface area contributed by atoms with Gasteiger partial charge >= 0.3 is 0 Å². The van der Waals surface area contributed by atoms with E-state index in [0.717, 1.165) is 17.1 Å². The Morgan fingerprint density at radius 3 is 2.94 bits per heavy atom. The number of hydrogen-bond donors (Lipinski definition) is 1. The lowest BCUT2D eigenvalue weighted by Gasteiger charge is -2.13. The van der Waals surface area contributed by atoms with Gasteiger partial charge in [0.1, 0.15) is 11.6 Å². The van der Waals surface area contributed by atoms with Crippen LogP contribution in [0.3, 0.4) is 0 Å². The van der Waals surface area contributed by atoms with Gasteiger partial charge in [-0.3, -0.25) is 0 Å². The molecule has 1 heterocycles. The zero-order chi connectivity index (χ0) is 12.1. The molecule has 2 rings (SSSR count). The summed E-state index contributed by atoms with van der Waals surface area (Å²) in [5.41, 5.74) is 1.01. The molecule has 0 saturated heterocycles. The molecule has 1 aromatic heterocycles. The first-order valence-corrected chi connectivity index (χ1v) is 6.09. The van der Waals surface area contributed by atoms with Gasteiger partial charge in [-0.05, 0) is 13.0 Å². The maximum Gasteiger partial charge on any atom is 0.123 e. The Balaban J connectivity index is 2.15. The van der Waals surface area contributed by atoms with Gasteiger partial charge in [0.15, 0.2) is 0 Å². The molecule has 0 fully saturated rings. The number of aromatic amines is 1. The van der Waals surface area contributed by atoms with Gasteiger partial charge in [-0.25, -0.2) is 4.98 Å². The van der Waals surface area contributed by atoms with Crippen molar-refractivity contribution in [2.24, 2.45) is 0 Å². The molecule has 0 aliphatic heterocycles. The third-order valence-corrected chi connectivity index (χ3v) is 2.87. The number of rotatable bonds is 5. The van der Waals surface area contributed by atoms with Crippen LogP contribution in [0.4, 0.5) is 0 Å². The van der Waals surface area contributed by atoms with Gasteiger partial charge in [0.05, 0.1) is 12.0 Å². The normalized spacial score (nSPS) is 12.4. The minimum absolute atomic E-state index is 0.135. The van der Waals surface area contributed by atoms with E-state index in [1.807, 2.05) is 31.2 Å². The molecule has 1 unspecified atom stereocenters. The summed E-state index contributed by atoms with van der Waals surface area (Å²) in [6.07, 6.45) is 4.19. The lowest BCUT2D eigenvalue weighted by molar-refractivity contribution is 0.336. The molecule has 0 aliphatic carbocycles. The number of nitrogens with one attached hydrogen (secondary N) is 1. The fraction of sp³-hybridized carbons (Fsp3) is 0.308. The fourth-order valence-electron chi connectivity index (χ4n) is 1.72. The second kappa shape index (κ2) is 5.73. The first-order valence-electron chi connectivity index (χ1n) is 5.65. The molecular formula is C13H15ClN2O. The van der Waals surface area contributed by atoms with Gasteiger partial charge in [0.25, 0.3) is 0 Å². The maximum absolute atomic E-state index is 6.40. The van der Waals surface area contributed by atoms with Crippen LogP contribution in [-0.4, -0.2) is 16.6 Å². The lowest BCUT2D eigenvalue weighted by atomic mass is 10.1. The van der Waals surface area contributed by atoms with E-state index in [9.17, 15) is 0 Å². The zero-order valence-electron chi connectivity index (χ0n) is 9.69. The number of halogens is 1. The summed E-state index contributed by atoms with van der Waals surface area (Å²) < 4.78 is 5.56. The lowest BCUT2D eigenvalue weighted by Crippen LogP contribution is -2.02. The molecule has 0 saturated carbocycles. The van der Waals surface area contributed by atoms with Crippen molar-refractivity contribution < 1.29 is 4.74 Å². The van der Waals surface area contributed by atoms with Gasteiger partial charge in [0.2, 0.25) is 0 Å². The molecule has 4 heteroatoms. The molecule has 0 spiro atoms. The van der Waals surface area contributed by atoms with Crippen LogP contribution in [-0.2, 0) is 6.42 Å². The molecule has 0 radical (unpaired) electrons. The van der Waals surface area contributed by atoms with Crippen molar-refractivity contribution in [2.75, 3.05) is 6.61 Å². The number of imidazole rings is 1. The molecule has 0 aliphatic rings. The van der Waals surface area contributed by atoms with Gasteiger partial charge in [-0.2, -0.15) is 0 Å². The average Bonchev–Trinajstić information content (AvgIpc) is 2.83. The van der Waals surface area contributed by atoms with E-state index in [0.29, 0.717) is 13.0 Å². The van der Waals surface area contributed by atoms with Crippen LogP contribution in [0.1, 0.15) is 23.7 Å². The first-order chi connectivity index (χ1) is 8.31. The number of hydrogen-bond acceptors (Lipinski definition) is 2. The van der Waals surface area contributed by atoms with Crippen LogP contribution in [0.15, 0.2) is 36.7 Å². The molecular weight excluding hydrogens is 236 g/mol. The summed E-state index contributed by atoms with van der Waals surface area (Å²) >= 11 is 6.40. The van der Waals surface area contributed by atoms with E-state index >= 15 is 0 Å². The summed E-state index contributed by atoms with van der Waals surface area (Å²) in [6, 6.07) is 7.85. The van der Waals surface area contributed by atoms with Gasteiger partial charge in [0, 0.05) is 24.4 Å². The number of para-hydroxylation sites is 1. The van der Waals surface area contributed by atoms with E-state index in [1.54, 1.807) is 12.4 Å². The number of ether oxygens (including phenoxy) is 1. The van der Waals surface area contributed by atoms with Crippen LogP contribution in [0.2, 0.25) is 0 Å². The third kappa shape index (κ3) is 3.01. The Bertz CT molecular complexity index is 456. The highest BCUT2D eigenvalue weighted by Crippen LogP contribution is 2.31. The predicted molar refractivity (Wildman–Crippen MR) is 68.5 cm³/mol. The van der Waals surface area contributed by atoms with Crippen LogP contribution in [0, 0.1) is 0 Å². The summed E-state index contributed by atoms with van der Waals surface area (Å²) in [7, 11) is 0. The summed E-state index contributed by atoms with van der Waals surface area (Å²) in [5, 5.41) is -0.135. The van der Waals surface area contributed by atoms with E-state index in [-0.39, 0.29) is 5.38 Å². The number of nitrogens with zero attached hydrogens (tertiary/aromatic N) is 1. The number of alkyl halides is 1. The zero-order valence-corrected chi connectivity index (χ0v) is 10.4. The van der Waals surface area contributed by atoms with Crippen molar-refractivity contribution in [1.82, 2.24) is 9.97 Å². The Kier molecular flexibility index (Phi) is 4.04. The first kappa shape index (κ1) is 12.0. The Labute approximate surface area is 106 Å². The van der Waals surface area contributed by atoms with Crippen molar-refractivity contribution in [2.45, 2.75) is 18.7 Å². The second-order valence-electron chi connectivity index (χ2n) is 3.68. The SMILES string of the molecule is CCOc1ccccc1C(Cl)Cc1ncc[nH]1. The Morgan fingerprint density at radius 2 is 2.24 bits per heavy atom. The minimum Gasteiger partial charge on any atom is -0.494 e. The molecule has 1 atom stereocenters. The van der Waals surface area contributed by atoms with Crippen molar-refractivity contribution in [3.63, 3.8) is 0 Å². The molecule has 0 amide bonds.